The molecule has 0 aliphatic carbocycles. The van der Waals surface area contributed by atoms with Crippen LogP contribution in [0.4, 0.5) is 5.82 Å². The van der Waals surface area contributed by atoms with Crippen LogP contribution in [0, 0.1) is 0 Å². The largest absolute Gasteiger partial charge is 0.357 e. The van der Waals surface area contributed by atoms with Crippen molar-refractivity contribution >= 4 is 5.82 Å². The zero-order valence-electron chi connectivity index (χ0n) is 9.02. The predicted molar refractivity (Wildman–Crippen MR) is 59.4 cm³/mol. The Hall–Kier alpha value is -1.13. The fourth-order valence-electron chi connectivity index (χ4n) is 1.85. The van der Waals surface area contributed by atoms with E-state index < -0.39 is 0 Å². The molecule has 4 heteroatoms. The summed E-state index contributed by atoms with van der Waals surface area (Å²) in [6.45, 7) is 4.15. The van der Waals surface area contributed by atoms with Gasteiger partial charge < -0.3 is 4.90 Å². The summed E-state index contributed by atoms with van der Waals surface area (Å²) in [5, 5.41) is 0. The number of pyridine rings is 1. The number of anilines is 1. The molecule has 82 valence electrons. The average Bonchev–Trinajstić information content (AvgIpc) is 2.82. The second-order valence-electron chi connectivity index (χ2n) is 3.92. The second kappa shape index (κ2) is 4.59. The van der Waals surface area contributed by atoms with E-state index >= 15 is 0 Å². The van der Waals surface area contributed by atoms with E-state index in [9.17, 15) is 0 Å². The zero-order chi connectivity index (χ0) is 10.7. The molecule has 0 aromatic carbocycles. The van der Waals surface area contributed by atoms with E-state index in [2.05, 4.69) is 9.88 Å². The molecular weight excluding hydrogens is 190 g/mol. The smallest absolute Gasteiger partial charge is 0.128 e. The van der Waals surface area contributed by atoms with Gasteiger partial charge in [0.05, 0.1) is 0 Å². The van der Waals surface area contributed by atoms with Crippen molar-refractivity contribution in [3.63, 3.8) is 0 Å². The van der Waals surface area contributed by atoms with Crippen LogP contribution in [0.3, 0.4) is 0 Å². The maximum absolute atomic E-state index is 5.13. The van der Waals surface area contributed by atoms with Gasteiger partial charge in [-0.3, -0.25) is 4.84 Å². The molecule has 2 rings (SSSR count). The van der Waals surface area contributed by atoms with Gasteiger partial charge in [0.1, 0.15) is 11.9 Å². The van der Waals surface area contributed by atoms with Crippen molar-refractivity contribution in [1.82, 2.24) is 4.98 Å². The van der Waals surface area contributed by atoms with Crippen LogP contribution in [0.25, 0.3) is 0 Å². The van der Waals surface area contributed by atoms with Gasteiger partial charge in [0.15, 0.2) is 0 Å². The SMILES string of the molecule is CC(ON)c1ccc(N2CCCC2)nc1. The molecule has 1 saturated heterocycles. The highest BCUT2D eigenvalue weighted by molar-refractivity contribution is 5.40. The van der Waals surface area contributed by atoms with Crippen molar-refractivity contribution in [3.8, 4) is 0 Å². The van der Waals surface area contributed by atoms with Crippen molar-refractivity contribution in [2.75, 3.05) is 18.0 Å². The Labute approximate surface area is 90.0 Å². The molecule has 0 bridgehead atoms. The molecule has 15 heavy (non-hydrogen) atoms. The molecule has 1 aromatic rings. The van der Waals surface area contributed by atoms with E-state index in [0.717, 1.165) is 24.5 Å². The molecule has 1 aromatic heterocycles. The van der Waals surface area contributed by atoms with Gasteiger partial charge in [0.2, 0.25) is 0 Å². The number of nitrogens with two attached hydrogens (primary N) is 1. The van der Waals surface area contributed by atoms with Gasteiger partial charge in [-0.1, -0.05) is 6.07 Å². The van der Waals surface area contributed by atoms with Crippen molar-refractivity contribution < 1.29 is 4.84 Å². The maximum atomic E-state index is 5.13. The minimum absolute atomic E-state index is 0.0925. The third-order valence-corrected chi connectivity index (χ3v) is 2.87. The Morgan fingerprint density at radius 2 is 2.13 bits per heavy atom. The molecule has 1 fully saturated rings. The topological polar surface area (TPSA) is 51.4 Å². The van der Waals surface area contributed by atoms with Gasteiger partial charge in [-0.2, -0.15) is 0 Å². The summed E-state index contributed by atoms with van der Waals surface area (Å²) < 4.78 is 0. The molecular formula is C11H17N3O. The molecule has 0 amide bonds. The monoisotopic (exact) mass is 207 g/mol. The summed E-state index contributed by atoms with van der Waals surface area (Å²) in [6, 6.07) is 4.06. The Kier molecular flexibility index (Phi) is 3.18. The van der Waals surface area contributed by atoms with Gasteiger partial charge in [0.25, 0.3) is 0 Å². The number of aromatic nitrogens is 1. The van der Waals surface area contributed by atoms with Crippen LogP contribution >= 0.6 is 0 Å². The summed E-state index contributed by atoms with van der Waals surface area (Å²) in [7, 11) is 0. The van der Waals surface area contributed by atoms with E-state index in [1.165, 1.54) is 12.8 Å². The van der Waals surface area contributed by atoms with Gasteiger partial charge in [-0.05, 0) is 25.8 Å². The average molecular weight is 207 g/mol. The van der Waals surface area contributed by atoms with Crippen LogP contribution in [-0.4, -0.2) is 18.1 Å². The molecule has 0 spiro atoms. The van der Waals surface area contributed by atoms with Gasteiger partial charge in [-0.15, -0.1) is 0 Å². The number of hydrogen-bond donors (Lipinski definition) is 1. The van der Waals surface area contributed by atoms with Crippen LogP contribution in [0.5, 0.6) is 0 Å². The minimum atomic E-state index is -0.0925. The Morgan fingerprint density at radius 3 is 2.67 bits per heavy atom. The van der Waals surface area contributed by atoms with Crippen molar-refractivity contribution in [2.24, 2.45) is 5.90 Å². The maximum Gasteiger partial charge on any atom is 0.128 e. The Bertz CT molecular complexity index is 306. The normalized spacial score (nSPS) is 18.1. The molecule has 1 atom stereocenters. The first-order valence-corrected chi connectivity index (χ1v) is 5.37. The van der Waals surface area contributed by atoms with Crippen LogP contribution < -0.4 is 10.8 Å². The van der Waals surface area contributed by atoms with Gasteiger partial charge in [0, 0.05) is 24.8 Å². The summed E-state index contributed by atoms with van der Waals surface area (Å²) in [5.74, 6) is 6.18. The predicted octanol–water partition coefficient (Wildman–Crippen LogP) is 1.63. The van der Waals surface area contributed by atoms with Crippen LogP contribution in [-0.2, 0) is 4.84 Å². The zero-order valence-corrected chi connectivity index (χ0v) is 9.02. The third kappa shape index (κ3) is 2.27. The molecule has 1 aliphatic heterocycles. The standard InChI is InChI=1S/C11H17N3O/c1-9(15-12)10-4-5-11(13-8-10)14-6-2-3-7-14/h4-5,8-9H,2-3,6-7,12H2,1H3. The lowest BCUT2D eigenvalue weighted by Crippen LogP contribution is -2.19. The molecule has 2 heterocycles. The van der Waals surface area contributed by atoms with Gasteiger partial charge in [-0.25, -0.2) is 10.9 Å². The lowest BCUT2D eigenvalue weighted by molar-refractivity contribution is 0.0662. The number of nitrogens with zero attached hydrogens (tertiary/aromatic N) is 2. The summed E-state index contributed by atoms with van der Waals surface area (Å²) in [6.07, 6.45) is 4.29. The number of rotatable bonds is 3. The van der Waals surface area contributed by atoms with Crippen molar-refractivity contribution in [1.29, 1.82) is 0 Å². The summed E-state index contributed by atoms with van der Waals surface area (Å²) in [5.41, 5.74) is 1.01. The molecule has 0 saturated carbocycles. The second-order valence-corrected chi connectivity index (χ2v) is 3.92. The quantitative estimate of drug-likeness (QED) is 0.765. The van der Waals surface area contributed by atoms with E-state index in [1.54, 1.807) is 0 Å². The molecule has 1 unspecified atom stereocenters. The van der Waals surface area contributed by atoms with E-state index in [-0.39, 0.29) is 6.10 Å². The first-order valence-electron chi connectivity index (χ1n) is 5.37. The third-order valence-electron chi connectivity index (χ3n) is 2.87. The summed E-state index contributed by atoms with van der Waals surface area (Å²) >= 11 is 0. The van der Waals surface area contributed by atoms with E-state index in [4.69, 9.17) is 10.7 Å². The first-order chi connectivity index (χ1) is 7.31. The Morgan fingerprint density at radius 1 is 1.40 bits per heavy atom. The van der Waals surface area contributed by atoms with E-state index in [1.807, 2.05) is 25.3 Å². The fraction of sp³-hybridized carbons (Fsp3) is 0.545. The van der Waals surface area contributed by atoms with Crippen LogP contribution in [0.15, 0.2) is 18.3 Å². The minimum Gasteiger partial charge on any atom is -0.357 e. The highest BCUT2D eigenvalue weighted by Crippen LogP contribution is 2.20. The highest BCUT2D eigenvalue weighted by atomic mass is 16.6. The van der Waals surface area contributed by atoms with Gasteiger partial charge >= 0.3 is 0 Å². The van der Waals surface area contributed by atoms with Crippen LogP contribution in [0.1, 0.15) is 31.4 Å². The fourth-order valence-corrected chi connectivity index (χ4v) is 1.85. The molecule has 0 radical (unpaired) electrons. The Balaban J connectivity index is 2.09. The molecule has 4 nitrogen and oxygen atoms in total. The molecule has 2 N–H and O–H groups in total. The van der Waals surface area contributed by atoms with Crippen molar-refractivity contribution in [2.45, 2.75) is 25.9 Å². The lowest BCUT2D eigenvalue weighted by atomic mass is 10.2. The van der Waals surface area contributed by atoms with Crippen molar-refractivity contribution in [3.05, 3.63) is 23.9 Å². The highest BCUT2D eigenvalue weighted by Gasteiger charge is 2.13. The van der Waals surface area contributed by atoms with Crippen LogP contribution in [0.2, 0.25) is 0 Å². The number of hydrogen-bond acceptors (Lipinski definition) is 4. The van der Waals surface area contributed by atoms with E-state index in [0.29, 0.717) is 0 Å². The first kappa shape index (κ1) is 10.4. The summed E-state index contributed by atoms with van der Waals surface area (Å²) in [4.78, 5) is 11.5. The lowest BCUT2D eigenvalue weighted by Gasteiger charge is -2.17. The molecule has 1 aliphatic rings.